The smallest absolute Gasteiger partial charge is 0.407 e. The zero-order valence-electron chi connectivity index (χ0n) is 39.9. The van der Waals surface area contributed by atoms with Crippen molar-refractivity contribution in [3.8, 4) is 0 Å². The molecule has 62 heavy (non-hydrogen) atoms. The standard InChI is InChI=1S/C46H78N6O10/c1-15-30(6)39(51(12)43(56)37(28(2)3)49-42(55)38(29(4)5)50(11)25-23-47-45(59)62-46(8,9)10)35(60-13)27-36(53)52-24-19-22-34(52)40(61-14)31(7)41(54)48-33(44(57)58)26-32-20-17-16-18-21-32/h16-18,20-21,28-31,33-35,37-40H,15,19,22-27H2,1-14H3,(H,47,59)(H,48,54)(H,49,55)(H,57,58)/t30-,31+,33-,34-,35+,37-,38-,39-,40+/m0/s1. The molecule has 0 bridgehead atoms. The van der Waals surface area contributed by atoms with Crippen LogP contribution in [0, 0.1) is 23.7 Å². The Morgan fingerprint density at radius 2 is 1.53 bits per heavy atom. The van der Waals surface area contributed by atoms with Crippen molar-refractivity contribution in [3.63, 3.8) is 0 Å². The van der Waals surface area contributed by atoms with Gasteiger partial charge in [-0.25, -0.2) is 9.59 Å². The fourth-order valence-electron chi connectivity index (χ4n) is 8.43. The quantitative estimate of drug-likeness (QED) is 0.115. The van der Waals surface area contributed by atoms with Gasteiger partial charge in [0.25, 0.3) is 0 Å². The third-order valence-corrected chi connectivity index (χ3v) is 11.9. The Balaban J connectivity index is 2.25. The number of carbonyl (C=O) groups excluding carboxylic acids is 5. The van der Waals surface area contributed by atoms with Crippen molar-refractivity contribution in [1.29, 1.82) is 0 Å². The Morgan fingerprint density at radius 1 is 0.903 bits per heavy atom. The number of likely N-dealkylation sites (N-methyl/N-ethyl adjacent to an activating group) is 2. The van der Waals surface area contributed by atoms with E-state index < -0.39 is 71.9 Å². The van der Waals surface area contributed by atoms with Crippen molar-refractivity contribution in [3.05, 3.63) is 35.9 Å². The second-order valence-corrected chi connectivity index (χ2v) is 18.5. The van der Waals surface area contributed by atoms with Crippen LogP contribution in [0.3, 0.4) is 0 Å². The lowest BCUT2D eigenvalue weighted by Gasteiger charge is -2.41. The summed E-state index contributed by atoms with van der Waals surface area (Å²) in [4.78, 5) is 85.9. The fraction of sp³-hybridized carbons (Fsp3) is 0.739. The number of likely N-dealkylation sites (tertiary alicyclic amines) is 1. The molecule has 0 aromatic heterocycles. The van der Waals surface area contributed by atoms with Crippen molar-refractivity contribution >= 4 is 35.7 Å². The van der Waals surface area contributed by atoms with E-state index >= 15 is 0 Å². The van der Waals surface area contributed by atoms with Gasteiger partial charge in [-0.3, -0.25) is 24.1 Å². The highest BCUT2D eigenvalue weighted by molar-refractivity contribution is 5.90. The van der Waals surface area contributed by atoms with Crippen LogP contribution in [0.1, 0.15) is 100 Å². The number of nitrogens with zero attached hydrogens (tertiary/aromatic N) is 3. The number of carboxylic acids is 1. The van der Waals surface area contributed by atoms with E-state index in [0.717, 1.165) is 5.56 Å². The van der Waals surface area contributed by atoms with Gasteiger partial charge >= 0.3 is 12.1 Å². The summed E-state index contributed by atoms with van der Waals surface area (Å²) in [5.41, 5.74) is 0.134. The molecule has 16 heteroatoms. The van der Waals surface area contributed by atoms with Gasteiger partial charge in [0.05, 0.1) is 42.7 Å². The number of carbonyl (C=O) groups is 6. The molecule has 1 aliphatic rings. The lowest BCUT2D eigenvalue weighted by Crippen LogP contribution is -2.60. The van der Waals surface area contributed by atoms with Gasteiger partial charge in [0, 0.05) is 47.3 Å². The minimum Gasteiger partial charge on any atom is -0.480 e. The summed E-state index contributed by atoms with van der Waals surface area (Å²) in [5.74, 6) is -3.75. The minimum atomic E-state index is -1.15. The van der Waals surface area contributed by atoms with Gasteiger partial charge in [-0.2, -0.15) is 0 Å². The van der Waals surface area contributed by atoms with E-state index in [2.05, 4.69) is 16.0 Å². The van der Waals surface area contributed by atoms with Gasteiger partial charge in [0.1, 0.15) is 17.7 Å². The Kier molecular flexibility index (Phi) is 21.8. The SMILES string of the molecule is CC[C@H](C)[C@@H]([C@@H](CC(=O)N1CCC[C@H]1[C@H](OC)[C@@H](C)C(=O)N[C@@H](Cc1ccccc1)C(=O)O)OC)N(C)C(=O)[C@@H](NC(=O)[C@H](C(C)C)N(C)CCNC(=O)OC(C)(C)C)C(C)C. The van der Waals surface area contributed by atoms with Gasteiger partial charge in [-0.1, -0.05) is 85.2 Å². The van der Waals surface area contributed by atoms with E-state index in [1.807, 2.05) is 64.6 Å². The number of aliphatic carboxylic acids is 1. The predicted octanol–water partition coefficient (Wildman–Crippen LogP) is 4.34. The van der Waals surface area contributed by atoms with Crippen molar-refractivity contribution in [1.82, 2.24) is 30.7 Å². The molecule has 0 spiro atoms. The molecule has 0 saturated carbocycles. The van der Waals surface area contributed by atoms with E-state index in [0.29, 0.717) is 32.4 Å². The summed E-state index contributed by atoms with van der Waals surface area (Å²) in [5, 5.41) is 18.4. The van der Waals surface area contributed by atoms with Crippen molar-refractivity contribution < 1.29 is 48.1 Å². The van der Waals surface area contributed by atoms with Crippen LogP contribution in [-0.4, -0.2) is 151 Å². The van der Waals surface area contributed by atoms with Gasteiger partial charge in [-0.05, 0) is 64.0 Å². The highest BCUT2D eigenvalue weighted by atomic mass is 16.6. The molecule has 16 nitrogen and oxygen atoms in total. The topological polar surface area (TPSA) is 196 Å². The summed E-state index contributed by atoms with van der Waals surface area (Å²) in [6.07, 6.45) is 0.0461. The Hall–Kier alpha value is -4.28. The van der Waals surface area contributed by atoms with Crippen LogP contribution in [0.5, 0.6) is 0 Å². The van der Waals surface area contributed by atoms with E-state index in [4.69, 9.17) is 14.2 Å². The van der Waals surface area contributed by atoms with E-state index in [1.54, 1.807) is 63.7 Å². The highest BCUT2D eigenvalue weighted by Gasteiger charge is 2.43. The minimum absolute atomic E-state index is 0.0505. The molecule has 1 aromatic carbocycles. The van der Waals surface area contributed by atoms with Crippen molar-refractivity contribution in [2.24, 2.45) is 23.7 Å². The molecule has 0 radical (unpaired) electrons. The number of methoxy groups -OCH3 is 2. The summed E-state index contributed by atoms with van der Waals surface area (Å²) < 4.78 is 17.3. The summed E-state index contributed by atoms with van der Waals surface area (Å²) in [7, 11) is 6.50. The molecule has 5 amide bonds. The molecule has 2 rings (SSSR count). The zero-order valence-corrected chi connectivity index (χ0v) is 39.9. The van der Waals surface area contributed by atoms with Crippen molar-refractivity contribution in [2.75, 3.05) is 47.9 Å². The zero-order chi connectivity index (χ0) is 47.1. The molecule has 0 aliphatic carbocycles. The predicted molar refractivity (Wildman–Crippen MR) is 238 cm³/mol. The number of nitrogens with one attached hydrogen (secondary N) is 3. The molecule has 9 atom stereocenters. The second kappa shape index (κ2) is 25.1. The first-order valence-corrected chi connectivity index (χ1v) is 22.2. The van der Waals surface area contributed by atoms with Crippen LogP contribution in [0.2, 0.25) is 0 Å². The summed E-state index contributed by atoms with van der Waals surface area (Å²) >= 11 is 0. The fourth-order valence-corrected chi connectivity index (χ4v) is 8.43. The number of hydrogen-bond donors (Lipinski definition) is 4. The van der Waals surface area contributed by atoms with Gasteiger partial charge < -0.3 is 45.1 Å². The lowest BCUT2D eigenvalue weighted by atomic mass is 9.89. The summed E-state index contributed by atoms with van der Waals surface area (Å²) in [6.45, 7) is 19.7. The number of ether oxygens (including phenoxy) is 3. The molecule has 4 N–H and O–H groups in total. The third kappa shape index (κ3) is 15.8. The molecule has 0 unspecified atom stereocenters. The van der Waals surface area contributed by atoms with Gasteiger partial charge in [0.15, 0.2) is 0 Å². The van der Waals surface area contributed by atoms with Crippen LogP contribution < -0.4 is 16.0 Å². The van der Waals surface area contributed by atoms with Crippen LogP contribution in [0.25, 0.3) is 0 Å². The number of alkyl carbamates (subject to hydrolysis) is 1. The maximum absolute atomic E-state index is 14.5. The average Bonchev–Trinajstić information content (AvgIpc) is 3.68. The first-order chi connectivity index (χ1) is 29.0. The maximum Gasteiger partial charge on any atom is 0.407 e. The molecular formula is C46H78N6O10. The molecular weight excluding hydrogens is 797 g/mol. The first kappa shape index (κ1) is 53.9. The van der Waals surface area contributed by atoms with Gasteiger partial charge in [0.2, 0.25) is 23.6 Å². The van der Waals surface area contributed by atoms with Crippen molar-refractivity contribution in [2.45, 2.75) is 149 Å². The maximum atomic E-state index is 14.5. The molecule has 1 fully saturated rings. The highest BCUT2D eigenvalue weighted by Crippen LogP contribution is 2.30. The number of rotatable bonds is 24. The summed E-state index contributed by atoms with van der Waals surface area (Å²) in [6, 6.07) is 5.45. The Labute approximate surface area is 370 Å². The normalized spacial score (nSPS) is 18.3. The molecule has 1 aliphatic heterocycles. The van der Waals surface area contributed by atoms with Crippen LogP contribution in [0.15, 0.2) is 30.3 Å². The monoisotopic (exact) mass is 875 g/mol. The second-order valence-electron chi connectivity index (χ2n) is 18.5. The van der Waals surface area contributed by atoms with Crippen LogP contribution in [-0.2, 0) is 44.6 Å². The average molecular weight is 875 g/mol. The van der Waals surface area contributed by atoms with E-state index in [-0.39, 0.29) is 54.9 Å². The number of hydrogen-bond acceptors (Lipinski definition) is 10. The van der Waals surface area contributed by atoms with E-state index in [9.17, 15) is 33.9 Å². The number of amides is 5. The first-order valence-electron chi connectivity index (χ1n) is 22.2. The molecule has 1 aromatic rings. The number of carboxylic acid groups (broad SMARTS) is 1. The number of benzene rings is 1. The molecule has 1 heterocycles. The molecule has 1 saturated heterocycles. The molecule has 352 valence electrons. The van der Waals surface area contributed by atoms with Crippen LogP contribution in [0.4, 0.5) is 4.79 Å². The third-order valence-electron chi connectivity index (χ3n) is 11.9. The van der Waals surface area contributed by atoms with Gasteiger partial charge in [-0.15, -0.1) is 0 Å². The Morgan fingerprint density at radius 3 is 2.05 bits per heavy atom. The van der Waals surface area contributed by atoms with Crippen LogP contribution >= 0.6 is 0 Å². The lowest BCUT2D eigenvalue weighted by molar-refractivity contribution is -0.148. The van der Waals surface area contributed by atoms with E-state index in [1.165, 1.54) is 14.2 Å². The Bertz CT molecular complexity index is 1600. The largest absolute Gasteiger partial charge is 0.480 e.